The van der Waals surface area contributed by atoms with Gasteiger partial charge in [-0.05, 0) is 12.5 Å². The summed E-state index contributed by atoms with van der Waals surface area (Å²) in [5.74, 6) is 0. The van der Waals surface area contributed by atoms with Crippen LogP contribution in [0.1, 0.15) is 11.1 Å². The van der Waals surface area contributed by atoms with Crippen molar-refractivity contribution >= 4 is 11.4 Å². The van der Waals surface area contributed by atoms with Crippen molar-refractivity contribution in [2.24, 2.45) is 0 Å². The molecule has 0 heterocycles. The van der Waals surface area contributed by atoms with Gasteiger partial charge in [-0.25, -0.2) is 0 Å². The molecule has 5 nitrogen and oxygen atoms in total. The molecule has 66 valence electrons. The Morgan fingerprint density at radius 3 is 2.69 bits per heavy atom. The summed E-state index contributed by atoms with van der Waals surface area (Å²) < 4.78 is 0. The van der Waals surface area contributed by atoms with Crippen molar-refractivity contribution in [1.29, 1.82) is 5.26 Å². The second-order valence-electron chi connectivity index (χ2n) is 2.58. The predicted molar refractivity (Wildman–Crippen MR) is 47.0 cm³/mol. The Hall–Kier alpha value is -2.09. The molecule has 0 saturated carbocycles. The molecular weight excluding hydrogens is 170 g/mol. The van der Waals surface area contributed by atoms with Gasteiger partial charge in [-0.1, -0.05) is 0 Å². The molecule has 0 amide bonds. The maximum Gasteiger partial charge on any atom is 0.272 e. The number of rotatable bonds is 1. The van der Waals surface area contributed by atoms with Gasteiger partial charge in [-0.2, -0.15) is 5.26 Å². The van der Waals surface area contributed by atoms with Gasteiger partial charge in [0.25, 0.3) is 5.69 Å². The van der Waals surface area contributed by atoms with E-state index >= 15 is 0 Å². The van der Waals surface area contributed by atoms with Crippen molar-refractivity contribution in [1.82, 2.24) is 0 Å². The largest absolute Gasteiger partial charge is 0.398 e. The minimum atomic E-state index is -0.573. The zero-order valence-electron chi connectivity index (χ0n) is 6.94. The molecule has 0 radical (unpaired) electrons. The lowest BCUT2D eigenvalue weighted by Crippen LogP contribution is -1.96. The highest BCUT2D eigenvalue weighted by molar-refractivity contribution is 5.60. The number of nitrogens with two attached hydrogens (primary N) is 1. The van der Waals surface area contributed by atoms with Crippen LogP contribution < -0.4 is 5.73 Å². The number of hydrogen-bond donors (Lipinski definition) is 1. The van der Waals surface area contributed by atoms with Gasteiger partial charge in [-0.15, -0.1) is 0 Å². The third-order valence-electron chi connectivity index (χ3n) is 1.76. The first-order chi connectivity index (χ1) is 6.06. The summed E-state index contributed by atoms with van der Waals surface area (Å²) in [4.78, 5) is 9.80. The molecule has 0 saturated heterocycles. The van der Waals surface area contributed by atoms with Crippen molar-refractivity contribution in [2.45, 2.75) is 6.92 Å². The van der Waals surface area contributed by atoms with Crippen molar-refractivity contribution in [2.75, 3.05) is 5.73 Å². The number of nitrogen functional groups attached to an aromatic ring is 1. The average Bonchev–Trinajstić information content (AvgIpc) is 2.09. The van der Waals surface area contributed by atoms with E-state index in [-0.39, 0.29) is 16.9 Å². The highest BCUT2D eigenvalue weighted by Gasteiger charge is 2.11. The van der Waals surface area contributed by atoms with Crippen LogP contribution in [-0.4, -0.2) is 4.92 Å². The Labute approximate surface area is 74.5 Å². The highest BCUT2D eigenvalue weighted by atomic mass is 16.6. The van der Waals surface area contributed by atoms with E-state index in [1.54, 1.807) is 6.92 Å². The van der Waals surface area contributed by atoms with Crippen molar-refractivity contribution in [3.63, 3.8) is 0 Å². The summed E-state index contributed by atoms with van der Waals surface area (Å²) in [7, 11) is 0. The predicted octanol–water partition coefficient (Wildman–Crippen LogP) is 1.36. The van der Waals surface area contributed by atoms with Gasteiger partial charge in [0.2, 0.25) is 0 Å². The lowest BCUT2D eigenvalue weighted by atomic mass is 10.1. The minimum Gasteiger partial charge on any atom is -0.398 e. The van der Waals surface area contributed by atoms with Gasteiger partial charge >= 0.3 is 0 Å². The van der Waals surface area contributed by atoms with E-state index in [9.17, 15) is 10.1 Å². The van der Waals surface area contributed by atoms with Crippen molar-refractivity contribution in [3.05, 3.63) is 33.4 Å². The first kappa shape index (κ1) is 9.00. The van der Waals surface area contributed by atoms with Crippen LogP contribution in [0.4, 0.5) is 11.4 Å². The summed E-state index contributed by atoms with van der Waals surface area (Å²) in [6.45, 7) is 1.65. The summed E-state index contributed by atoms with van der Waals surface area (Å²) >= 11 is 0. The van der Waals surface area contributed by atoms with E-state index in [0.29, 0.717) is 5.56 Å². The number of anilines is 1. The van der Waals surface area contributed by atoms with E-state index in [1.165, 1.54) is 12.1 Å². The highest BCUT2D eigenvalue weighted by Crippen LogP contribution is 2.22. The molecule has 13 heavy (non-hydrogen) atoms. The van der Waals surface area contributed by atoms with Gasteiger partial charge in [0.1, 0.15) is 0 Å². The quantitative estimate of drug-likeness (QED) is 0.398. The average molecular weight is 177 g/mol. The summed E-state index contributed by atoms with van der Waals surface area (Å²) in [6.07, 6.45) is 0. The van der Waals surface area contributed by atoms with Gasteiger partial charge in [0, 0.05) is 17.8 Å². The maximum absolute atomic E-state index is 10.4. The molecule has 0 spiro atoms. The number of nitro benzene ring substituents is 1. The number of hydrogen-bond acceptors (Lipinski definition) is 4. The van der Waals surface area contributed by atoms with Crippen LogP contribution in [0.25, 0.3) is 0 Å². The Bertz CT molecular complexity index is 407. The fourth-order valence-electron chi connectivity index (χ4n) is 0.942. The number of benzene rings is 1. The second-order valence-corrected chi connectivity index (χ2v) is 2.58. The Morgan fingerprint density at radius 2 is 2.23 bits per heavy atom. The summed E-state index contributed by atoms with van der Waals surface area (Å²) in [6, 6.07) is 4.31. The summed E-state index contributed by atoms with van der Waals surface area (Å²) in [5.41, 5.74) is 6.41. The maximum atomic E-state index is 10.4. The lowest BCUT2D eigenvalue weighted by Gasteiger charge is -2.01. The minimum absolute atomic E-state index is 0.153. The number of nitro groups is 1. The third kappa shape index (κ3) is 1.56. The first-order valence-corrected chi connectivity index (χ1v) is 3.51. The second kappa shape index (κ2) is 3.11. The molecule has 0 fully saturated rings. The normalized spacial score (nSPS) is 9.23. The molecule has 0 atom stereocenters. The van der Waals surface area contributed by atoms with Gasteiger partial charge in [-0.3, -0.25) is 10.1 Å². The zero-order chi connectivity index (χ0) is 10.0. The first-order valence-electron chi connectivity index (χ1n) is 3.51. The number of nitriles is 1. The molecule has 0 aliphatic rings. The monoisotopic (exact) mass is 177 g/mol. The Morgan fingerprint density at radius 1 is 1.62 bits per heavy atom. The zero-order valence-corrected chi connectivity index (χ0v) is 6.94. The fourth-order valence-corrected chi connectivity index (χ4v) is 0.942. The summed E-state index contributed by atoms with van der Waals surface area (Å²) in [5, 5.41) is 19.0. The standard InChI is InChI=1S/C8H7N3O2/c1-5-6(4-9)2-7(11(12)13)3-8(5)10/h2-3H,10H2,1H3. The van der Waals surface area contributed by atoms with E-state index in [2.05, 4.69) is 0 Å². The molecule has 2 N–H and O–H groups in total. The molecule has 0 bridgehead atoms. The van der Waals surface area contributed by atoms with E-state index < -0.39 is 4.92 Å². The van der Waals surface area contributed by atoms with E-state index in [1.807, 2.05) is 6.07 Å². The SMILES string of the molecule is Cc1c(N)cc([N+](=O)[O-])cc1C#N. The molecule has 0 aliphatic carbocycles. The van der Waals surface area contributed by atoms with Crippen LogP contribution >= 0.6 is 0 Å². The topological polar surface area (TPSA) is 92.9 Å². The van der Waals surface area contributed by atoms with Gasteiger partial charge in [0.15, 0.2) is 0 Å². The van der Waals surface area contributed by atoms with E-state index in [4.69, 9.17) is 11.0 Å². The lowest BCUT2D eigenvalue weighted by molar-refractivity contribution is -0.384. The van der Waals surface area contributed by atoms with Crippen LogP contribution in [0, 0.1) is 28.4 Å². The van der Waals surface area contributed by atoms with Crippen LogP contribution in [0.3, 0.4) is 0 Å². The molecule has 0 unspecified atom stereocenters. The van der Waals surface area contributed by atoms with Crippen LogP contribution in [-0.2, 0) is 0 Å². The molecule has 5 heteroatoms. The van der Waals surface area contributed by atoms with Crippen LogP contribution in [0.15, 0.2) is 12.1 Å². The molecule has 0 aromatic heterocycles. The van der Waals surface area contributed by atoms with Gasteiger partial charge in [0.05, 0.1) is 16.6 Å². The van der Waals surface area contributed by atoms with Crippen LogP contribution in [0.5, 0.6) is 0 Å². The number of nitrogens with zero attached hydrogens (tertiary/aromatic N) is 2. The smallest absolute Gasteiger partial charge is 0.272 e. The molecule has 1 aromatic rings. The Balaban J connectivity index is 3.41. The number of non-ortho nitro benzene ring substituents is 1. The third-order valence-corrected chi connectivity index (χ3v) is 1.76. The van der Waals surface area contributed by atoms with Crippen LogP contribution in [0.2, 0.25) is 0 Å². The molecule has 0 aliphatic heterocycles. The van der Waals surface area contributed by atoms with Gasteiger partial charge < -0.3 is 5.73 Å². The molecular formula is C8H7N3O2. The fraction of sp³-hybridized carbons (Fsp3) is 0.125. The van der Waals surface area contributed by atoms with E-state index in [0.717, 1.165) is 0 Å². The molecule has 1 rings (SSSR count). The molecule has 1 aromatic carbocycles. The Kier molecular flexibility index (Phi) is 2.15. The van der Waals surface area contributed by atoms with Crippen molar-refractivity contribution < 1.29 is 4.92 Å². The van der Waals surface area contributed by atoms with Crippen molar-refractivity contribution in [3.8, 4) is 6.07 Å².